The number of methoxy groups -OCH3 is 2. The Morgan fingerprint density at radius 2 is 1.70 bits per heavy atom. The van der Waals surface area contributed by atoms with E-state index >= 15 is 0 Å². The summed E-state index contributed by atoms with van der Waals surface area (Å²) in [4.78, 5) is 14.8. The minimum Gasteiger partial charge on any atom is -0.497 e. The highest BCUT2D eigenvalue weighted by molar-refractivity contribution is 5.79. The number of likely N-dealkylation sites (tertiary alicyclic amines) is 1. The Morgan fingerprint density at radius 3 is 2.48 bits per heavy atom. The number of carbonyl (C=O) groups is 1. The minimum atomic E-state index is 0.184. The van der Waals surface area contributed by atoms with E-state index in [1.54, 1.807) is 14.2 Å². The molecule has 0 spiro atoms. The molecule has 1 aliphatic carbocycles. The molecule has 7 heteroatoms. The number of nitrogens with zero attached hydrogens (tertiary/aromatic N) is 1. The smallest absolute Gasteiger partial charge is 0.223 e. The summed E-state index contributed by atoms with van der Waals surface area (Å²) in [5.74, 6) is 2.97. The Morgan fingerprint density at radius 1 is 0.900 bits per heavy atom. The Hall–Kier alpha value is -2.77. The van der Waals surface area contributed by atoms with Gasteiger partial charge in [0.05, 0.1) is 32.5 Å². The molecule has 5 rings (SSSR count). The zero-order chi connectivity index (χ0) is 27.7. The van der Waals surface area contributed by atoms with Gasteiger partial charge in [0.2, 0.25) is 5.91 Å². The first-order valence-corrected chi connectivity index (χ1v) is 15.3. The molecule has 2 saturated heterocycles. The maximum atomic E-state index is 12.8. The van der Waals surface area contributed by atoms with Gasteiger partial charge in [-0.25, -0.2) is 0 Å². The van der Waals surface area contributed by atoms with E-state index in [4.69, 9.17) is 18.9 Å². The molecular weight excluding hydrogens is 504 g/mol. The van der Waals surface area contributed by atoms with Crippen LogP contribution >= 0.6 is 0 Å². The Bertz CT molecular complexity index is 1080. The quantitative estimate of drug-likeness (QED) is 0.290. The summed E-state index contributed by atoms with van der Waals surface area (Å²) < 4.78 is 23.4. The van der Waals surface area contributed by atoms with Gasteiger partial charge in [0.25, 0.3) is 0 Å². The predicted octanol–water partition coefficient (Wildman–Crippen LogP) is 6.02. The first kappa shape index (κ1) is 28.7. The number of ether oxygens (including phenoxy) is 4. The van der Waals surface area contributed by atoms with Gasteiger partial charge in [0, 0.05) is 32.0 Å². The molecule has 0 aromatic heterocycles. The summed E-state index contributed by atoms with van der Waals surface area (Å²) >= 11 is 0. The summed E-state index contributed by atoms with van der Waals surface area (Å²) in [6.45, 7) is 3.51. The summed E-state index contributed by atoms with van der Waals surface area (Å²) in [6.07, 6.45) is 11.4. The van der Waals surface area contributed by atoms with E-state index in [0.717, 1.165) is 88.4 Å². The first-order valence-electron chi connectivity index (χ1n) is 15.3. The van der Waals surface area contributed by atoms with Crippen molar-refractivity contribution < 1.29 is 23.7 Å². The molecule has 40 heavy (non-hydrogen) atoms. The highest BCUT2D eigenvalue weighted by Gasteiger charge is 2.31. The van der Waals surface area contributed by atoms with Gasteiger partial charge in [-0.2, -0.15) is 0 Å². The van der Waals surface area contributed by atoms with Crippen molar-refractivity contribution in [3.05, 3.63) is 53.6 Å². The van der Waals surface area contributed by atoms with Gasteiger partial charge in [-0.15, -0.1) is 0 Å². The molecule has 3 aliphatic rings. The standard InChI is InChI=1S/C33H46N2O5/c1-37-27-13-10-24(11-14-27)30-17-15-29(40-30)22-34-18-6-3-7-19-35-23-26(21-33(35)36)25-12-16-31(38-2)32(20-25)39-28-8-4-5-9-28/h10-14,16,20,26,28-30,34H,3-9,15,17-19,21-23H2,1-2H3. The molecule has 3 fully saturated rings. The molecule has 2 heterocycles. The van der Waals surface area contributed by atoms with E-state index in [1.165, 1.54) is 24.0 Å². The minimum absolute atomic E-state index is 0.184. The molecule has 2 aromatic rings. The highest BCUT2D eigenvalue weighted by Crippen LogP contribution is 2.37. The van der Waals surface area contributed by atoms with E-state index < -0.39 is 0 Å². The van der Waals surface area contributed by atoms with Crippen LogP contribution in [0.1, 0.15) is 87.4 Å². The third-order valence-corrected chi connectivity index (χ3v) is 8.72. The van der Waals surface area contributed by atoms with Crippen molar-refractivity contribution >= 4 is 5.91 Å². The molecule has 7 nitrogen and oxygen atoms in total. The lowest BCUT2D eigenvalue weighted by Gasteiger charge is -2.19. The van der Waals surface area contributed by atoms with Crippen LogP contribution < -0.4 is 19.5 Å². The Kier molecular flexibility index (Phi) is 10.2. The number of carbonyl (C=O) groups excluding carboxylic acids is 1. The average molecular weight is 551 g/mol. The largest absolute Gasteiger partial charge is 0.497 e. The molecule has 3 atom stereocenters. The van der Waals surface area contributed by atoms with E-state index in [9.17, 15) is 4.79 Å². The predicted molar refractivity (Wildman–Crippen MR) is 156 cm³/mol. The number of benzene rings is 2. The molecule has 218 valence electrons. The third kappa shape index (κ3) is 7.49. The molecule has 1 N–H and O–H groups in total. The van der Waals surface area contributed by atoms with Crippen molar-refractivity contribution in [1.82, 2.24) is 10.2 Å². The van der Waals surface area contributed by atoms with Gasteiger partial charge in [-0.1, -0.05) is 24.6 Å². The normalized spacial score (nSPS) is 23.2. The number of rotatable bonds is 14. The Balaban J connectivity index is 0.975. The van der Waals surface area contributed by atoms with Crippen LogP contribution in [-0.2, 0) is 9.53 Å². The summed E-state index contributed by atoms with van der Waals surface area (Å²) in [5.41, 5.74) is 2.41. The van der Waals surface area contributed by atoms with Gasteiger partial charge in [-0.3, -0.25) is 4.79 Å². The second kappa shape index (κ2) is 14.2. The first-order chi connectivity index (χ1) is 19.6. The molecule has 1 amide bonds. The number of hydrogen-bond donors (Lipinski definition) is 1. The van der Waals surface area contributed by atoms with Crippen LogP contribution in [0.3, 0.4) is 0 Å². The monoisotopic (exact) mass is 550 g/mol. The maximum Gasteiger partial charge on any atom is 0.223 e. The second-order valence-corrected chi connectivity index (χ2v) is 11.5. The van der Waals surface area contributed by atoms with Crippen LogP contribution in [0.15, 0.2) is 42.5 Å². The Labute approximate surface area is 239 Å². The molecule has 2 aliphatic heterocycles. The van der Waals surface area contributed by atoms with E-state index in [-0.39, 0.29) is 30.1 Å². The van der Waals surface area contributed by atoms with Crippen molar-refractivity contribution in [2.75, 3.05) is 40.4 Å². The van der Waals surface area contributed by atoms with Crippen LogP contribution in [0.5, 0.6) is 17.2 Å². The van der Waals surface area contributed by atoms with Gasteiger partial charge >= 0.3 is 0 Å². The number of unbranched alkanes of at least 4 members (excludes halogenated alkanes) is 2. The zero-order valence-corrected chi connectivity index (χ0v) is 24.2. The number of nitrogens with one attached hydrogen (secondary N) is 1. The van der Waals surface area contributed by atoms with Crippen LogP contribution in [-0.4, -0.2) is 63.4 Å². The van der Waals surface area contributed by atoms with E-state index in [2.05, 4.69) is 29.6 Å². The molecule has 0 bridgehead atoms. The van der Waals surface area contributed by atoms with Gasteiger partial charge in [-0.05, 0) is 93.3 Å². The molecular formula is C33H46N2O5. The third-order valence-electron chi connectivity index (χ3n) is 8.72. The van der Waals surface area contributed by atoms with Crippen molar-refractivity contribution in [3.63, 3.8) is 0 Å². The summed E-state index contributed by atoms with van der Waals surface area (Å²) in [7, 11) is 3.38. The van der Waals surface area contributed by atoms with Crippen molar-refractivity contribution in [2.24, 2.45) is 0 Å². The molecule has 1 saturated carbocycles. The van der Waals surface area contributed by atoms with Crippen LogP contribution in [0.2, 0.25) is 0 Å². The lowest BCUT2D eigenvalue weighted by molar-refractivity contribution is -0.127. The van der Waals surface area contributed by atoms with E-state index in [1.807, 2.05) is 23.1 Å². The molecule has 3 unspecified atom stereocenters. The average Bonchev–Trinajstić information content (AvgIpc) is 3.75. The van der Waals surface area contributed by atoms with Gasteiger partial charge in [0.15, 0.2) is 11.5 Å². The number of hydrogen-bond acceptors (Lipinski definition) is 6. The second-order valence-electron chi connectivity index (χ2n) is 11.5. The van der Waals surface area contributed by atoms with E-state index in [0.29, 0.717) is 6.42 Å². The lowest BCUT2D eigenvalue weighted by Crippen LogP contribution is -2.28. The molecule has 0 radical (unpaired) electrons. The summed E-state index contributed by atoms with van der Waals surface area (Å²) in [6, 6.07) is 14.4. The maximum absolute atomic E-state index is 12.8. The fraction of sp³-hybridized carbons (Fsp3) is 0.606. The van der Waals surface area contributed by atoms with Crippen LogP contribution in [0.4, 0.5) is 0 Å². The number of amides is 1. The van der Waals surface area contributed by atoms with Gasteiger partial charge in [0.1, 0.15) is 5.75 Å². The van der Waals surface area contributed by atoms with Crippen molar-refractivity contribution in [1.29, 1.82) is 0 Å². The zero-order valence-electron chi connectivity index (χ0n) is 24.2. The fourth-order valence-electron chi connectivity index (χ4n) is 6.35. The van der Waals surface area contributed by atoms with Crippen molar-refractivity contribution in [2.45, 2.75) is 88.4 Å². The molecule has 2 aromatic carbocycles. The fourth-order valence-corrected chi connectivity index (χ4v) is 6.35. The highest BCUT2D eigenvalue weighted by atomic mass is 16.5. The van der Waals surface area contributed by atoms with Crippen LogP contribution in [0, 0.1) is 0 Å². The van der Waals surface area contributed by atoms with Crippen molar-refractivity contribution in [3.8, 4) is 17.2 Å². The summed E-state index contributed by atoms with van der Waals surface area (Å²) in [5, 5.41) is 3.58. The van der Waals surface area contributed by atoms with Gasteiger partial charge < -0.3 is 29.2 Å². The SMILES string of the molecule is COc1ccc(C2CCC(CNCCCCCN3CC(c4ccc(OC)c(OC5CCCC5)c4)CC3=O)O2)cc1. The topological polar surface area (TPSA) is 69.3 Å². The van der Waals surface area contributed by atoms with Crippen LogP contribution in [0.25, 0.3) is 0 Å². The lowest BCUT2D eigenvalue weighted by atomic mass is 9.98.